The molecule has 1 saturated heterocycles. The first-order valence-electron chi connectivity index (χ1n) is 5.52. The molecule has 0 N–H and O–H groups in total. The Hall–Kier alpha value is 1.42. The number of hydrogen-bond donors (Lipinski definition) is 0. The summed E-state index contributed by atoms with van der Waals surface area (Å²) < 4.78 is 4.94. The molecule has 0 amide bonds. The van der Waals surface area contributed by atoms with Crippen molar-refractivity contribution in [2.75, 3.05) is 13.2 Å². The van der Waals surface area contributed by atoms with Crippen molar-refractivity contribution in [2.45, 2.75) is 52.1 Å². The van der Waals surface area contributed by atoms with E-state index in [0.29, 0.717) is 0 Å². The average molecular weight is 256 g/mol. The molecule has 1 rings (SSSR count). The Balaban J connectivity index is 0. The first kappa shape index (κ1) is 18.8. The molecular formula is C10H26LiOPSi2. The third-order valence-corrected chi connectivity index (χ3v) is 18.9. The first-order chi connectivity index (χ1) is 6.21. The second-order valence-electron chi connectivity index (χ2n) is 5.77. The van der Waals surface area contributed by atoms with Gasteiger partial charge in [0.05, 0.1) is 0 Å². The monoisotopic (exact) mass is 256 g/mol. The van der Waals surface area contributed by atoms with E-state index in [-0.39, 0.29) is 18.9 Å². The van der Waals surface area contributed by atoms with Crippen molar-refractivity contribution in [3.8, 4) is 0 Å². The molecular weight excluding hydrogens is 230 g/mol. The zero-order valence-electron chi connectivity index (χ0n) is 11.7. The second-order valence-corrected chi connectivity index (χ2v) is 25.4. The van der Waals surface area contributed by atoms with Gasteiger partial charge in [0.2, 0.25) is 0 Å². The molecule has 1 aliphatic heterocycles. The molecule has 86 valence electrons. The molecule has 0 aliphatic carbocycles. The van der Waals surface area contributed by atoms with Crippen molar-refractivity contribution >= 4 is 23.2 Å². The first-order valence-corrected chi connectivity index (χ1v) is 15.1. The molecule has 0 saturated carbocycles. The van der Waals surface area contributed by atoms with E-state index in [0.717, 1.165) is 13.2 Å². The Bertz CT molecular complexity index is 131. The van der Waals surface area contributed by atoms with Crippen LogP contribution in [0.5, 0.6) is 0 Å². The fourth-order valence-corrected chi connectivity index (χ4v) is 27.7. The third-order valence-electron chi connectivity index (χ3n) is 1.50. The molecule has 0 spiro atoms. The molecule has 0 radical (unpaired) electrons. The van der Waals surface area contributed by atoms with Crippen LogP contribution in [-0.2, 0) is 4.74 Å². The molecule has 1 nitrogen and oxygen atoms in total. The van der Waals surface area contributed by atoms with Gasteiger partial charge in [-0.15, -0.1) is 15.5 Å². The molecule has 1 heterocycles. The summed E-state index contributed by atoms with van der Waals surface area (Å²) in [5, 5.41) is 0. The predicted molar refractivity (Wildman–Crippen MR) is 73.7 cm³/mol. The summed E-state index contributed by atoms with van der Waals surface area (Å²) in [5.74, 6) is 0. The minimum Gasteiger partial charge on any atom is -0.542 e. The Morgan fingerprint density at radius 1 is 0.800 bits per heavy atom. The van der Waals surface area contributed by atoms with Crippen molar-refractivity contribution in [3.63, 3.8) is 0 Å². The summed E-state index contributed by atoms with van der Waals surface area (Å²) in [6.07, 6.45) is 2.56. The molecule has 1 aliphatic rings. The van der Waals surface area contributed by atoms with E-state index in [2.05, 4.69) is 39.3 Å². The van der Waals surface area contributed by atoms with Crippen LogP contribution < -0.4 is 18.9 Å². The summed E-state index contributed by atoms with van der Waals surface area (Å²) in [6.45, 7) is 16.7. The van der Waals surface area contributed by atoms with Crippen LogP contribution >= 0.6 is 7.68 Å². The zero-order valence-corrected chi connectivity index (χ0v) is 14.6. The smallest absolute Gasteiger partial charge is 0.542 e. The minimum absolute atomic E-state index is 0. The quantitative estimate of drug-likeness (QED) is 0.536. The largest absolute Gasteiger partial charge is 1.00 e. The second kappa shape index (κ2) is 8.50. The van der Waals surface area contributed by atoms with Crippen molar-refractivity contribution in [2.24, 2.45) is 0 Å². The maximum atomic E-state index is 4.94. The van der Waals surface area contributed by atoms with Gasteiger partial charge in [0.15, 0.2) is 0 Å². The van der Waals surface area contributed by atoms with E-state index in [4.69, 9.17) is 4.74 Å². The number of rotatable bonds is 2. The molecule has 1 fully saturated rings. The standard InChI is InChI=1S/C6H18PSi2.C4H8O.Li/c1-8(2,3)7-9(4,5)6;1-2-4-5-3-1;/h1-6H3;1-4H2;/q-1;;+1. The summed E-state index contributed by atoms with van der Waals surface area (Å²) >= 11 is 0. The van der Waals surface area contributed by atoms with Crippen LogP contribution in [0.4, 0.5) is 0 Å². The fraction of sp³-hybridized carbons (Fsp3) is 1.00. The molecule has 0 aromatic rings. The van der Waals surface area contributed by atoms with E-state index < -0.39 is 15.5 Å². The van der Waals surface area contributed by atoms with Crippen LogP contribution in [0, 0.1) is 0 Å². The SMILES string of the molecule is C1CCOC1.C[Si](C)(C)[P-][Si](C)(C)C.[Li+]. The third kappa shape index (κ3) is 18.0. The van der Waals surface area contributed by atoms with Gasteiger partial charge in [0, 0.05) is 13.2 Å². The number of ether oxygens (including phenoxy) is 1. The molecule has 5 heteroatoms. The number of hydrogen-bond acceptors (Lipinski definition) is 1. The molecule has 0 aromatic heterocycles. The van der Waals surface area contributed by atoms with E-state index in [1.54, 1.807) is 0 Å². The van der Waals surface area contributed by atoms with Crippen LogP contribution in [0.3, 0.4) is 0 Å². The fourth-order valence-electron chi connectivity index (χ4n) is 1.52. The zero-order chi connectivity index (χ0) is 11.2. The van der Waals surface area contributed by atoms with Crippen molar-refractivity contribution < 1.29 is 23.6 Å². The van der Waals surface area contributed by atoms with Crippen LogP contribution in [0.1, 0.15) is 12.8 Å². The van der Waals surface area contributed by atoms with E-state index in [1.807, 2.05) is 7.68 Å². The van der Waals surface area contributed by atoms with Crippen LogP contribution in [-0.4, -0.2) is 28.7 Å². The Labute approximate surface area is 112 Å². The summed E-state index contributed by atoms with van der Waals surface area (Å²) in [7, 11) is 0.293. The minimum atomic E-state index is -0.759. The van der Waals surface area contributed by atoms with E-state index >= 15 is 0 Å². The molecule has 15 heavy (non-hydrogen) atoms. The van der Waals surface area contributed by atoms with E-state index in [9.17, 15) is 0 Å². The maximum Gasteiger partial charge on any atom is 1.00 e. The van der Waals surface area contributed by atoms with Gasteiger partial charge in [-0.1, -0.05) is 39.3 Å². The molecule has 0 bridgehead atoms. The molecule has 0 atom stereocenters. The van der Waals surface area contributed by atoms with Gasteiger partial charge in [-0.2, -0.15) is 0 Å². The van der Waals surface area contributed by atoms with Crippen LogP contribution in [0.2, 0.25) is 39.3 Å². The Kier molecular flexibility index (Phi) is 10.6. The van der Waals surface area contributed by atoms with Gasteiger partial charge in [-0.25, -0.2) is 0 Å². The summed E-state index contributed by atoms with van der Waals surface area (Å²) in [6, 6.07) is 0. The van der Waals surface area contributed by atoms with Crippen LogP contribution in [0.25, 0.3) is 0 Å². The van der Waals surface area contributed by atoms with Gasteiger partial charge in [0.1, 0.15) is 0 Å². The normalized spacial score (nSPS) is 16.4. The summed E-state index contributed by atoms with van der Waals surface area (Å²) in [5.41, 5.74) is 0. The van der Waals surface area contributed by atoms with Crippen molar-refractivity contribution in [1.82, 2.24) is 0 Å². The van der Waals surface area contributed by atoms with Crippen molar-refractivity contribution in [1.29, 1.82) is 0 Å². The molecule has 0 aromatic carbocycles. The average Bonchev–Trinajstić information content (AvgIpc) is 2.29. The maximum absolute atomic E-state index is 4.94. The van der Waals surface area contributed by atoms with Crippen molar-refractivity contribution in [3.05, 3.63) is 0 Å². The summed E-state index contributed by atoms with van der Waals surface area (Å²) in [4.78, 5) is 0. The van der Waals surface area contributed by atoms with E-state index in [1.165, 1.54) is 12.8 Å². The van der Waals surface area contributed by atoms with Gasteiger partial charge < -0.3 is 12.4 Å². The van der Waals surface area contributed by atoms with Gasteiger partial charge in [-0.3, -0.25) is 0 Å². The van der Waals surface area contributed by atoms with Gasteiger partial charge in [-0.05, 0) is 12.8 Å². The van der Waals surface area contributed by atoms with Gasteiger partial charge >= 0.3 is 18.9 Å². The van der Waals surface area contributed by atoms with Gasteiger partial charge in [0.25, 0.3) is 0 Å². The molecule has 0 unspecified atom stereocenters. The Morgan fingerprint density at radius 2 is 1.13 bits per heavy atom. The predicted octanol–water partition coefficient (Wildman–Crippen LogP) is 1.40. The topological polar surface area (TPSA) is 9.23 Å². The Morgan fingerprint density at radius 3 is 1.20 bits per heavy atom. The van der Waals surface area contributed by atoms with Crippen LogP contribution in [0.15, 0.2) is 0 Å².